The van der Waals surface area contributed by atoms with Crippen molar-refractivity contribution in [3.05, 3.63) is 59.1 Å². The minimum Gasteiger partial charge on any atom is -0.368 e. The van der Waals surface area contributed by atoms with E-state index < -0.39 is 0 Å². The molecule has 0 N–H and O–H groups in total. The summed E-state index contributed by atoms with van der Waals surface area (Å²) < 4.78 is 13.5. The predicted molar refractivity (Wildman–Crippen MR) is 67.8 cm³/mol. The third-order valence-electron chi connectivity index (χ3n) is 2.47. The fourth-order valence-corrected chi connectivity index (χ4v) is 1.73. The van der Waals surface area contributed by atoms with Gasteiger partial charge in [0, 0.05) is 19.8 Å². The van der Waals surface area contributed by atoms with Crippen molar-refractivity contribution in [1.29, 1.82) is 0 Å². The van der Waals surface area contributed by atoms with Crippen LogP contribution < -0.4 is 4.90 Å². The maximum absolute atomic E-state index is 13.5. The molecule has 0 atom stereocenters. The Morgan fingerprint density at radius 1 is 1.24 bits per heavy atom. The highest BCUT2D eigenvalue weighted by Crippen LogP contribution is 2.19. The fourth-order valence-electron chi connectivity index (χ4n) is 1.62. The third-order valence-corrected chi connectivity index (χ3v) is 2.70. The Morgan fingerprint density at radius 3 is 2.65 bits per heavy atom. The average Bonchev–Trinajstić information content (AvgIpc) is 2.32. The van der Waals surface area contributed by atoms with Crippen molar-refractivity contribution in [2.24, 2.45) is 0 Å². The Kier molecular flexibility index (Phi) is 3.59. The van der Waals surface area contributed by atoms with Crippen molar-refractivity contribution in [2.45, 2.75) is 6.54 Å². The first-order chi connectivity index (χ1) is 8.16. The predicted octanol–water partition coefficient (Wildman–Crippen LogP) is 3.51. The van der Waals surface area contributed by atoms with E-state index in [0.29, 0.717) is 17.4 Å². The van der Waals surface area contributed by atoms with E-state index in [9.17, 15) is 4.39 Å². The number of nitrogens with zero attached hydrogens (tertiary/aromatic N) is 2. The van der Waals surface area contributed by atoms with Gasteiger partial charge >= 0.3 is 0 Å². The SMILES string of the molecule is CN(Cc1ccc(Cl)nc1)c1ccccc1F. The smallest absolute Gasteiger partial charge is 0.146 e. The Balaban J connectivity index is 2.14. The number of hydrogen-bond donors (Lipinski definition) is 0. The molecule has 0 saturated carbocycles. The van der Waals surface area contributed by atoms with E-state index in [2.05, 4.69) is 4.98 Å². The lowest BCUT2D eigenvalue weighted by atomic mass is 10.2. The summed E-state index contributed by atoms with van der Waals surface area (Å²) in [7, 11) is 1.84. The van der Waals surface area contributed by atoms with Crippen molar-refractivity contribution in [2.75, 3.05) is 11.9 Å². The maximum atomic E-state index is 13.5. The highest BCUT2D eigenvalue weighted by molar-refractivity contribution is 6.29. The molecule has 0 unspecified atom stereocenters. The summed E-state index contributed by atoms with van der Waals surface area (Å²) in [4.78, 5) is 5.83. The molecule has 0 amide bonds. The van der Waals surface area contributed by atoms with Crippen LogP contribution in [0, 0.1) is 5.82 Å². The van der Waals surface area contributed by atoms with Crippen molar-refractivity contribution in [3.8, 4) is 0 Å². The summed E-state index contributed by atoms with van der Waals surface area (Å²) in [5.74, 6) is -0.225. The average molecular weight is 251 g/mol. The summed E-state index contributed by atoms with van der Waals surface area (Å²) in [5.41, 5.74) is 1.56. The van der Waals surface area contributed by atoms with E-state index in [-0.39, 0.29) is 5.82 Å². The van der Waals surface area contributed by atoms with E-state index in [4.69, 9.17) is 11.6 Å². The van der Waals surface area contributed by atoms with Crippen LogP contribution in [0.1, 0.15) is 5.56 Å². The zero-order valence-corrected chi connectivity index (χ0v) is 10.2. The molecule has 0 spiro atoms. The Bertz CT molecular complexity index is 499. The van der Waals surface area contributed by atoms with Crippen LogP contribution in [0.5, 0.6) is 0 Å². The van der Waals surface area contributed by atoms with Gasteiger partial charge in [0.25, 0.3) is 0 Å². The number of halogens is 2. The standard InChI is InChI=1S/C13H12ClFN2/c1-17(12-5-3-2-4-11(12)15)9-10-6-7-13(14)16-8-10/h2-8H,9H2,1H3. The molecule has 1 aromatic carbocycles. The van der Waals surface area contributed by atoms with Crippen molar-refractivity contribution < 1.29 is 4.39 Å². The fraction of sp³-hybridized carbons (Fsp3) is 0.154. The first kappa shape index (κ1) is 11.9. The summed E-state index contributed by atoms with van der Waals surface area (Å²) in [6.07, 6.45) is 1.69. The first-order valence-electron chi connectivity index (χ1n) is 5.23. The lowest BCUT2D eigenvalue weighted by Crippen LogP contribution is -2.17. The zero-order chi connectivity index (χ0) is 12.3. The molecule has 0 radical (unpaired) electrons. The van der Waals surface area contributed by atoms with Crippen molar-refractivity contribution >= 4 is 17.3 Å². The van der Waals surface area contributed by atoms with Gasteiger partial charge in [-0.2, -0.15) is 0 Å². The van der Waals surface area contributed by atoms with E-state index in [1.54, 1.807) is 24.4 Å². The molecule has 0 aliphatic heterocycles. The van der Waals surface area contributed by atoms with Gasteiger partial charge in [0.1, 0.15) is 11.0 Å². The molecular weight excluding hydrogens is 239 g/mol. The Labute approximate surface area is 105 Å². The van der Waals surface area contributed by atoms with Crippen LogP contribution in [-0.2, 0) is 6.54 Å². The Hall–Kier alpha value is -1.61. The van der Waals surface area contributed by atoms with E-state index >= 15 is 0 Å². The summed E-state index contributed by atoms with van der Waals surface area (Å²) in [6.45, 7) is 0.588. The number of para-hydroxylation sites is 1. The van der Waals surface area contributed by atoms with Crippen molar-refractivity contribution in [3.63, 3.8) is 0 Å². The highest BCUT2D eigenvalue weighted by Gasteiger charge is 2.07. The molecule has 1 heterocycles. The number of benzene rings is 1. The second-order valence-corrected chi connectivity index (χ2v) is 4.18. The van der Waals surface area contributed by atoms with Gasteiger partial charge < -0.3 is 4.90 Å². The van der Waals surface area contributed by atoms with Crippen LogP contribution >= 0.6 is 11.6 Å². The number of rotatable bonds is 3. The van der Waals surface area contributed by atoms with Crippen LogP contribution in [0.4, 0.5) is 10.1 Å². The molecule has 88 valence electrons. The second-order valence-electron chi connectivity index (χ2n) is 3.80. The minimum atomic E-state index is -0.225. The number of hydrogen-bond acceptors (Lipinski definition) is 2. The van der Waals surface area contributed by atoms with Crippen LogP contribution in [0.2, 0.25) is 5.15 Å². The van der Waals surface area contributed by atoms with E-state index in [1.165, 1.54) is 6.07 Å². The van der Waals surface area contributed by atoms with Gasteiger partial charge in [-0.25, -0.2) is 9.37 Å². The molecule has 2 rings (SSSR count). The number of aromatic nitrogens is 1. The quantitative estimate of drug-likeness (QED) is 0.775. The molecule has 0 aliphatic rings. The molecule has 0 fully saturated rings. The molecule has 2 aromatic rings. The zero-order valence-electron chi connectivity index (χ0n) is 9.40. The van der Waals surface area contributed by atoms with Gasteiger partial charge in [0.2, 0.25) is 0 Å². The van der Waals surface area contributed by atoms with Crippen LogP contribution in [0.15, 0.2) is 42.6 Å². The third kappa shape index (κ3) is 2.94. The van der Waals surface area contributed by atoms with Crippen molar-refractivity contribution in [1.82, 2.24) is 4.98 Å². The largest absolute Gasteiger partial charge is 0.368 e. The molecular formula is C13H12ClFN2. The lowest BCUT2D eigenvalue weighted by Gasteiger charge is -2.19. The molecule has 1 aromatic heterocycles. The van der Waals surface area contributed by atoms with Crippen LogP contribution in [0.25, 0.3) is 0 Å². The summed E-state index contributed by atoms with van der Waals surface area (Å²) >= 11 is 5.71. The highest BCUT2D eigenvalue weighted by atomic mass is 35.5. The topological polar surface area (TPSA) is 16.1 Å². The minimum absolute atomic E-state index is 0.225. The second kappa shape index (κ2) is 5.15. The van der Waals surface area contributed by atoms with E-state index in [0.717, 1.165) is 5.56 Å². The molecule has 0 bridgehead atoms. The Morgan fingerprint density at radius 2 is 2.00 bits per heavy atom. The van der Waals surface area contributed by atoms with Gasteiger partial charge in [-0.1, -0.05) is 29.8 Å². The molecule has 17 heavy (non-hydrogen) atoms. The normalized spacial score (nSPS) is 10.3. The molecule has 4 heteroatoms. The van der Waals surface area contributed by atoms with Gasteiger partial charge in [-0.15, -0.1) is 0 Å². The molecule has 0 aliphatic carbocycles. The van der Waals surface area contributed by atoms with Gasteiger partial charge in [-0.05, 0) is 23.8 Å². The maximum Gasteiger partial charge on any atom is 0.146 e. The number of anilines is 1. The van der Waals surface area contributed by atoms with Crippen LogP contribution in [-0.4, -0.2) is 12.0 Å². The van der Waals surface area contributed by atoms with Gasteiger partial charge in [0.15, 0.2) is 0 Å². The molecule has 0 saturated heterocycles. The first-order valence-corrected chi connectivity index (χ1v) is 5.61. The van der Waals surface area contributed by atoms with E-state index in [1.807, 2.05) is 24.1 Å². The van der Waals surface area contributed by atoms with Gasteiger partial charge in [-0.3, -0.25) is 0 Å². The summed E-state index contributed by atoms with van der Waals surface area (Å²) in [5, 5.41) is 0.460. The van der Waals surface area contributed by atoms with Crippen LogP contribution in [0.3, 0.4) is 0 Å². The lowest BCUT2D eigenvalue weighted by molar-refractivity contribution is 0.622. The number of pyridine rings is 1. The monoisotopic (exact) mass is 250 g/mol. The summed E-state index contributed by atoms with van der Waals surface area (Å²) in [6, 6.07) is 10.3. The molecule has 2 nitrogen and oxygen atoms in total. The van der Waals surface area contributed by atoms with Gasteiger partial charge in [0.05, 0.1) is 5.69 Å².